The smallest absolute Gasteiger partial charge is 0.0492 e. The normalized spacial score (nSPS) is 13.9. The van der Waals surface area contributed by atoms with Crippen LogP contribution in [-0.4, -0.2) is 9.78 Å². The number of nitrogens with zero attached hydrogens (tertiary/aromatic N) is 2. The summed E-state index contributed by atoms with van der Waals surface area (Å²) in [5.41, 5.74) is 1.32. The van der Waals surface area contributed by atoms with E-state index < -0.39 is 0 Å². The Bertz CT molecular complexity index is 225. The lowest BCUT2D eigenvalue weighted by Gasteiger charge is -2.15. The van der Waals surface area contributed by atoms with Crippen LogP contribution in [0.4, 0.5) is 0 Å². The third-order valence-electron chi connectivity index (χ3n) is 2.33. The van der Waals surface area contributed by atoms with Crippen molar-refractivity contribution in [3.05, 3.63) is 18.0 Å². The van der Waals surface area contributed by atoms with Gasteiger partial charge in [-0.25, -0.2) is 0 Å². The van der Waals surface area contributed by atoms with Crippen molar-refractivity contribution in [2.75, 3.05) is 0 Å². The van der Waals surface area contributed by atoms with E-state index in [0.29, 0.717) is 11.8 Å². The third-order valence-corrected chi connectivity index (χ3v) is 2.33. The molecule has 62 valence electrons. The Balaban J connectivity index is 2.84. The van der Waals surface area contributed by atoms with E-state index in [1.807, 2.05) is 17.9 Å². The van der Waals surface area contributed by atoms with Crippen LogP contribution < -0.4 is 0 Å². The van der Waals surface area contributed by atoms with E-state index in [-0.39, 0.29) is 0 Å². The van der Waals surface area contributed by atoms with E-state index in [9.17, 15) is 0 Å². The molecule has 1 heterocycles. The van der Waals surface area contributed by atoms with Crippen molar-refractivity contribution < 1.29 is 0 Å². The SMILES string of the molecule is CC(C)C(C)c1ccnn1C. The van der Waals surface area contributed by atoms with Crippen molar-refractivity contribution in [3.8, 4) is 0 Å². The minimum atomic E-state index is 0.600. The molecule has 1 unspecified atom stereocenters. The maximum Gasteiger partial charge on any atom is 0.0492 e. The van der Waals surface area contributed by atoms with Crippen molar-refractivity contribution in [1.82, 2.24) is 9.78 Å². The van der Waals surface area contributed by atoms with Gasteiger partial charge in [-0.05, 0) is 12.0 Å². The van der Waals surface area contributed by atoms with Crippen molar-refractivity contribution in [2.45, 2.75) is 26.7 Å². The fourth-order valence-corrected chi connectivity index (χ4v) is 1.17. The van der Waals surface area contributed by atoms with Crippen molar-refractivity contribution in [2.24, 2.45) is 13.0 Å². The lowest BCUT2D eigenvalue weighted by molar-refractivity contribution is 0.498. The number of aromatic nitrogens is 2. The second-order valence-corrected chi connectivity index (χ2v) is 3.41. The summed E-state index contributed by atoms with van der Waals surface area (Å²) < 4.78 is 1.95. The fourth-order valence-electron chi connectivity index (χ4n) is 1.17. The Morgan fingerprint density at radius 3 is 2.36 bits per heavy atom. The molecule has 11 heavy (non-hydrogen) atoms. The maximum absolute atomic E-state index is 4.14. The maximum atomic E-state index is 4.14. The van der Waals surface area contributed by atoms with E-state index in [0.717, 1.165) is 0 Å². The summed E-state index contributed by atoms with van der Waals surface area (Å²) in [5.74, 6) is 1.29. The Morgan fingerprint density at radius 1 is 1.36 bits per heavy atom. The molecule has 0 bridgehead atoms. The first-order chi connectivity index (χ1) is 5.13. The lowest BCUT2D eigenvalue weighted by atomic mass is 9.95. The van der Waals surface area contributed by atoms with Gasteiger partial charge in [0.15, 0.2) is 0 Å². The van der Waals surface area contributed by atoms with Gasteiger partial charge in [-0.1, -0.05) is 20.8 Å². The molecule has 0 aliphatic heterocycles. The molecule has 0 radical (unpaired) electrons. The van der Waals surface area contributed by atoms with Gasteiger partial charge in [-0.15, -0.1) is 0 Å². The molecule has 0 amide bonds. The van der Waals surface area contributed by atoms with Crippen LogP contribution in [-0.2, 0) is 7.05 Å². The molecule has 0 aliphatic carbocycles. The van der Waals surface area contributed by atoms with Crippen molar-refractivity contribution >= 4 is 0 Å². The van der Waals surface area contributed by atoms with E-state index >= 15 is 0 Å². The van der Waals surface area contributed by atoms with E-state index in [1.165, 1.54) is 5.69 Å². The van der Waals surface area contributed by atoms with E-state index in [4.69, 9.17) is 0 Å². The molecular formula is C9H16N2. The summed E-state index contributed by atoms with van der Waals surface area (Å²) in [6.45, 7) is 6.71. The minimum Gasteiger partial charge on any atom is -0.272 e. The molecule has 1 aromatic heterocycles. The van der Waals surface area contributed by atoms with Crippen LogP contribution in [0, 0.1) is 5.92 Å². The highest BCUT2D eigenvalue weighted by Gasteiger charge is 2.12. The van der Waals surface area contributed by atoms with Gasteiger partial charge in [0.2, 0.25) is 0 Å². The second kappa shape index (κ2) is 3.07. The van der Waals surface area contributed by atoms with Crippen LogP contribution in [0.15, 0.2) is 12.3 Å². The lowest BCUT2D eigenvalue weighted by Crippen LogP contribution is -2.07. The zero-order valence-electron chi connectivity index (χ0n) is 7.70. The zero-order valence-corrected chi connectivity index (χ0v) is 7.70. The summed E-state index contributed by atoms with van der Waals surface area (Å²) in [6.07, 6.45) is 1.86. The molecule has 0 aliphatic rings. The molecule has 0 saturated heterocycles. The molecule has 0 aromatic carbocycles. The first kappa shape index (κ1) is 8.31. The van der Waals surface area contributed by atoms with Gasteiger partial charge in [0.1, 0.15) is 0 Å². The van der Waals surface area contributed by atoms with Crippen LogP contribution in [0.2, 0.25) is 0 Å². The molecule has 1 aromatic rings. The summed E-state index contributed by atoms with van der Waals surface area (Å²) >= 11 is 0. The van der Waals surface area contributed by atoms with Gasteiger partial charge >= 0.3 is 0 Å². The average Bonchev–Trinajstić information content (AvgIpc) is 2.33. The minimum absolute atomic E-state index is 0.600. The van der Waals surface area contributed by atoms with Crippen LogP contribution in [0.3, 0.4) is 0 Å². The zero-order chi connectivity index (χ0) is 8.43. The Hall–Kier alpha value is -0.790. The predicted molar refractivity (Wildman–Crippen MR) is 46.5 cm³/mol. The summed E-state index contributed by atoms with van der Waals surface area (Å²) in [4.78, 5) is 0. The van der Waals surface area contributed by atoms with E-state index in [2.05, 4.69) is 31.9 Å². The summed E-state index contributed by atoms with van der Waals surface area (Å²) in [7, 11) is 1.99. The highest BCUT2D eigenvalue weighted by molar-refractivity contribution is 5.06. The molecule has 0 saturated carbocycles. The highest BCUT2D eigenvalue weighted by Crippen LogP contribution is 2.21. The monoisotopic (exact) mass is 152 g/mol. The second-order valence-electron chi connectivity index (χ2n) is 3.41. The van der Waals surface area contributed by atoms with Crippen molar-refractivity contribution in [1.29, 1.82) is 0 Å². The quantitative estimate of drug-likeness (QED) is 0.635. The van der Waals surface area contributed by atoms with Gasteiger partial charge < -0.3 is 0 Å². The summed E-state index contributed by atoms with van der Waals surface area (Å²) in [5, 5.41) is 4.14. The predicted octanol–water partition coefficient (Wildman–Crippen LogP) is 2.18. The fraction of sp³-hybridized carbons (Fsp3) is 0.667. The molecule has 0 N–H and O–H groups in total. The van der Waals surface area contributed by atoms with Gasteiger partial charge in [0, 0.05) is 24.9 Å². The third kappa shape index (κ3) is 1.62. The first-order valence-electron chi connectivity index (χ1n) is 4.11. The van der Waals surface area contributed by atoms with Gasteiger partial charge in [-0.3, -0.25) is 4.68 Å². The summed E-state index contributed by atoms with van der Waals surface area (Å²) in [6, 6.07) is 2.09. The molecule has 2 heteroatoms. The van der Waals surface area contributed by atoms with Gasteiger partial charge in [0.05, 0.1) is 0 Å². The molecule has 1 rings (SSSR count). The number of hydrogen-bond donors (Lipinski definition) is 0. The molecular weight excluding hydrogens is 136 g/mol. The number of aryl methyl sites for hydroxylation is 1. The molecule has 0 fully saturated rings. The van der Waals surface area contributed by atoms with Crippen LogP contribution in [0.5, 0.6) is 0 Å². The Labute approximate surface area is 68.2 Å². The topological polar surface area (TPSA) is 17.8 Å². The number of rotatable bonds is 2. The van der Waals surface area contributed by atoms with Crippen LogP contribution >= 0.6 is 0 Å². The Morgan fingerprint density at radius 2 is 2.00 bits per heavy atom. The van der Waals surface area contributed by atoms with Crippen LogP contribution in [0.25, 0.3) is 0 Å². The molecule has 2 nitrogen and oxygen atoms in total. The Kier molecular flexibility index (Phi) is 2.32. The van der Waals surface area contributed by atoms with Crippen molar-refractivity contribution in [3.63, 3.8) is 0 Å². The van der Waals surface area contributed by atoms with Crippen LogP contribution in [0.1, 0.15) is 32.4 Å². The standard InChI is InChI=1S/C9H16N2/c1-7(2)8(3)9-5-6-10-11(9)4/h5-8H,1-4H3. The average molecular weight is 152 g/mol. The molecule has 0 spiro atoms. The first-order valence-corrected chi connectivity index (χ1v) is 4.11. The van der Waals surface area contributed by atoms with Gasteiger partial charge in [0.25, 0.3) is 0 Å². The molecule has 1 atom stereocenters. The largest absolute Gasteiger partial charge is 0.272 e. The van der Waals surface area contributed by atoms with Gasteiger partial charge in [-0.2, -0.15) is 5.10 Å². The number of hydrogen-bond acceptors (Lipinski definition) is 1. The highest BCUT2D eigenvalue weighted by atomic mass is 15.3. The van der Waals surface area contributed by atoms with E-state index in [1.54, 1.807) is 0 Å².